The molecule has 6 nitrogen and oxygen atoms in total. The number of fused-ring (bicyclic) bond motifs is 1. The molecule has 0 spiro atoms. The van der Waals surface area contributed by atoms with E-state index in [9.17, 15) is 0 Å². The van der Waals surface area contributed by atoms with E-state index in [1.807, 2.05) is 36.1 Å². The summed E-state index contributed by atoms with van der Waals surface area (Å²) in [6.07, 6.45) is 8.44. The van der Waals surface area contributed by atoms with E-state index in [0.29, 0.717) is 6.54 Å². The third-order valence-corrected chi connectivity index (χ3v) is 4.45. The molecule has 0 atom stereocenters. The Labute approximate surface area is 137 Å². The summed E-state index contributed by atoms with van der Waals surface area (Å²) in [4.78, 5) is 18.1. The molecule has 0 fully saturated rings. The predicted molar refractivity (Wildman–Crippen MR) is 90.3 cm³/mol. The molecule has 7 heteroatoms. The van der Waals surface area contributed by atoms with Gasteiger partial charge in [0.2, 0.25) is 0 Å². The lowest BCUT2D eigenvalue weighted by Gasteiger charge is -2.09. The third kappa shape index (κ3) is 2.53. The molecule has 0 aliphatic carbocycles. The fourth-order valence-electron chi connectivity index (χ4n) is 2.71. The number of aryl methyl sites for hydroxylation is 1. The highest BCUT2D eigenvalue weighted by atomic mass is 32.1. The largest absolute Gasteiger partial charge is 0.321 e. The van der Waals surface area contributed by atoms with Crippen molar-refractivity contribution in [2.75, 3.05) is 0 Å². The normalized spacial score (nSPS) is 11.3. The van der Waals surface area contributed by atoms with Gasteiger partial charge in [0.15, 0.2) is 16.5 Å². The van der Waals surface area contributed by atoms with Gasteiger partial charge in [-0.25, -0.2) is 19.9 Å². The van der Waals surface area contributed by atoms with Gasteiger partial charge in [-0.05, 0) is 18.6 Å². The van der Waals surface area contributed by atoms with Crippen molar-refractivity contribution in [3.05, 3.63) is 48.1 Å². The summed E-state index contributed by atoms with van der Waals surface area (Å²) in [6.45, 7) is 3.73. The van der Waals surface area contributed by atoms with Crippen molar-refractivity contribution < 1.29 is 0 Å². The Morgan fingerprint density at radius 2 is 2.09 bits per heavy atom. The molecule has 4 aromatic heterocycles. The van der Waals surface area contributed by atoms with E-state index >= 15 is 0 Å². The van der Waals surface area contributed by atoms with Crippen molar-refractivity contribution >= 4 is 22.5 Å². The highest BCUT2D eigenvalue weighted by Crippen LogP contribution is 2.22. The van der Waals surface area contributed by atoms with Crippen LogP contribution in [0.2, 0.25) is 0 Å². The average molecular weight is 324 g/mol. The van der Waals surface area contributed by atoms with Gasteiger partial charge in [0.25, 0.3) is 0 Å². The van der Waals surface area contributed by atoms with Crippen molar-refractivity contribution in [1.29, 1.82) is 0 Å². The molecule has 0 radical (unpaired) electrons. The second-order valence-electron chi connectivity index (χ2n) is 5.24. The van der Waals surface area contributed by atoms with E-state index in [1.165, 1.54) is 0 Å². The first-order valence-corrected chi connectivity index (χ1v) is 8.46. The minimum Gasteiger partial charge on any atom is -0.321 e. The molecule has 4 heterocycles. The van der Waals surface area contributed by atoms with E-state index in [2.05, 4.69) is 31.0 Å². The van der Waals surface area contributed by atoms with Gasteiger partial charge in [0.1, 0.15) is 11.3 Å². The molecule has 0 aliphatic rings. The average Bonchev–Trinajstić information content (AvgIpc) is 3.28. The molecule has 0 bridgehead atoms. The van der Waals surface area contributed by atoms with Crippen molar-refractivity contribution in [1.82, 2.24) is 29.1 Å². The van der Waals surface area contributed by atoms with Crippen LogP contribution in [0.1, 0.15) is 19.2 Å². The molecule has 4 aromatic rings. The second-order valence-corrected chi connectivity index (χ2v) is 6.14. The summed E-state index contributed by atoms with van der Waals surface area (Å²) in [5.74, 6) is 1.87. The Kier molecular flexibility index (Phi) is 3.63. The second kappa shape index (κ2) is 5.92. The van der Waals surface area contributed by atoms with Crippen LogP contribution in [0.4, 0.5) is 0 Å². The van der Waals surface area contributed by atoms with E-state index < -0.39 is 0 Å². The van der Waals surface area contributed by atoms with E-state index in [1.54, 1.807) is 17.5 Å². The molecule has 0 saturated heterocycles. The SMILES string of the molecule is CCCn1c(Cn2ccnc2-c2nccs2)nc2cccnc21. The minimum atomic E-state index is 0.658. The third-order valence-electron chi connectivity index (χ3n) is 3.68. The zero-order valence-corrected chi connectivity index (χ0v) is 13.6. The summed E-state index contributed by atoms with van der Waals surface area (Å²) in [5, 5.41) is 2.89. The fourth-order valence-corrected chi connectivity index (χ4v) is 3.35. The predicted octanol–water partition coefficient (Wildman–Crippen LogP) is 3.21. The molecule has 116 valence electrons. The molecular formula is C16H16N6S. The first-order chi connectivity index (χ1) is 11.4. The summed E-state index contributed by atoms with van der Waals surface area (Å²) < 4.78 is 4.28. The topological polar surface area (TPSA) is 61.4 Å². The molecule has 0 aromatic carbocycles. The van der Waals surface area contributed by atoms with Crippen molar-refractivity contribution in [2.24, 2.45) is 0 Å². The fraction of sp³-hybridized carbons (Fsp3) is 0.250. The van der Waals surface area contributed by atoms with Gasteiger partial charge >= 0.3 is 0 Å². The van der Waals surface area contributed by atoms with Crippen molar-refractivity contribution in [2.45, 2.75) is 26.4 Å². The van der Waals surface area contributed by atoms with Crippen LogP contribution in [0.3, 0.4) is 0 Å². The maximum atomic E-state index is 4.76. The monoisotopic (exact) mass is 324 g/mol. The zero-order valence-electron chi connectivity index (χ0n) is 12.8. The standard InChI is InChI=1S/C16H16N6S/c1-2-8-22-13(20-12-4-3-5-17-14(12)22)11-21-9-6-18-15(21)16-19-7-10-23-16/h3-7,9-10H,2,8,11H2,1H3. The molecule has 0 unspecified atom stereocenters. The Bertz CT molecular complexity index is 921. The van der Waals surface area contributed by atoms with Crippen molar-refractivity contribution in [3.8, 4) is 10.8 Å². The summed E-state index contributed by atoms with van der Waals surface area (Å²) in [5.41, 5.74) is 1.88. The lowest BCUT2D eigenvalue weighted by atomic mass is 10.4. The van der Waals surface area contributed by atoms with Gasteiger partial charge < -0.3 is 9.13 Å². The van der Waals surface area contributed by atoms with Crippen molar-refractivity contribution in [3.63, 3.8) is 0 Å². The van der Waals surface area contributed by atoms with Gasteiger partial charge in [0.05, 0.1) is 6.54 Å². The summed E-state index contributed by atoms with van der Waals surface area (Å²) in [7, 11) is 0. The highest BCUT2D eigenvalue weighted by molar-refractivity contribution is 7.13. The van der Waals surface area contributed by atoms with Gasteiger partial charge in [-0.1, -0.05) is 6.92 Å². The molecular weight excluding hydrogens is 308 g/mol. The smallest absolute Gasteiger partial charge is 0.169 e. The van der Waals surface area contributed by atoms with Crippen LogP contribution in [0.15, 0.2) is 42.3 Å². The van der Waals surface area contributed by atoms with E-state index in [0.717, 1.165) is 40.8 Å². The maximum absolute atomic E-state index is 4.76. The van der Waals surface area contributed by atoms with Crippen LogP contribution in [-0.2, 0) is 13.1 Å². The molecule has 0 aliphatic heterocycles. The maximum Gasteiger partial charge on any atom is 0.169 e. The number of aromatic nitrogens is 6. The molecule has 0 saturated carbocycles. The summed E-state index contributed by atoms with van der Waals surface area (Å²) in [6, 6.07) is 3.93. The summed E-state index contributed by atoms with van der Waals surface area (Å²) >= 11 is 1.59. The Balaban J connectivity index is 1.76. The number of imidazole rings is 2. The van der Waals surface area contributed by atoms with Gasteiger partial charge in [-0.15, -0.1) is 11.3 Å². The molecule has 4 rings (SSSR count). The lowest BCUT2D eigenvalue weighted by Crippen LogP contribution is -2.09. The number of hydrogen-bond acceptors (Lipinski definition) is 5. The number of hydrogen-bond donors (Lipinski definition) is 0. The first kappa shape index (κ1) is 14.1. The number of rotatable bonds is 5. The molecule has 23 heavy (non-hydrogen) atoms. The zero-order chi connectivity index (χ0) is 15.6. The lowest BCUT2D eigenvalue weighted by molar-refractivity contribution is 0.623. The number of nitrogens with zero attached hydrogens (tertiary/aromatic N) is 6. The van der Waals surface area contributed by atoms with Gasteiger partial charge in [-0.3, -0.25) is 0 Å². The Morgan fingerprint density at radius 3 is 2.91 bits per heavy atom. The van der Waals surface area contributed by atoms with Gasteiger partial charge in [0, 0.05) is 36.7 Å². The Morgan fingerprint density at radius 1 is 1.13 bits per heavy atom. The highest BCUT2D eigenvalue weighted by Gasteiger charge is 2.14. The van der Waals surface area contributed by atoms with Gasteiger partial charge in [-0.2, -0.15) is 0 Å². The van der Waals surface area contributed by atoms with Crippen LogP contribution in [0.5, 0.6) is 0 Å². The number of pyridine rings is 1. The quantitative estimate of drug-likeness (QED) is 0.565. The Hall–Kier alpha value is -2.54. The van der Waals surface area contributed by atoms with E-state index in [4.69, 9.17) is 4.98 Å². The van der Waals surface area contributed by atoms with Crippen LogP contribution in [-0.4, -0.2) is 29.1 Å². The molecule has 0 amide bonds. The minimum absolute atomic E-state index is 0.658. The van der Waals surface area contributed by atoms with Crippen LogP contribution >= 0.6 is 11.3 Å². The van der Waals surface area contributed by atoms with Crippen LogP contribution < -0.4 is 0 Å². The number of thiazole rings is 1. The van der Waals surface area contributed by atoms with Crippen LogP contribution in [0.25, 0.3) is 22.0 Å². The molecule has 0 N–H and O–H groups in total. The first-order valence-electron chi connectivity index (χ1n) is 7.58. The van der Waals surface area contributed by atoms with Crippen LogP contribution in [0, 0.1) is 0 Å². The van der Waals surface area contributed by atoms with E-state index in [-0.39, 0.29) is 0 Å².